The van der Waals surface area contributed by atoms with Gasteiger partial charge in [0.05, 0.1) is 5.92 Å². The van der Waals surface area contributed by atoms with Crippen LogP contribution in [0.5, 0.6) is 0 Å². The van der Waals surface area contributed by atoms with Gasteiger partial charge in [-0.3, -0.25) is 4.79 Å². The van der Waals surface area contributed by atoms with Crippen LogP contribution in [0.3, 0.4) is 0 Å². The molecule has 1 atom stereocenters. The second-order valence-corrected chi connectivity index (χ2v) is 3.55. The number of hydrogen-bond donors (Lipinski definition) is 1. The van der Waals surface area contributed by atoms with Gasteiger partial charge in [-0.2, -0.15) is 0 Å². The van der Waals surface area contributed by atoms with Crippen LogP contribution < -0.4 is 5.32 Å². The van der Waals surface area contributed by atoms with Gasteiger partial charge in [0.2, 0.25) is 5.91 Å². The standard InChI is InChI=1S/C12H21NO/c1-5-7-10(2)8-6-9-11(3)12(14)13-4/h6,8-9,11H,5,7H2,1-4H3,(H,13,14)/b9-6+,10-8-. The maximum Gasteiger partial charge on any atom is 0.226 e. The quantitative estimate of drug-likeness (QED) is 0.671. The lowest BCUT2D eigenvalue weighted by Crippen LogP contribution is -2.23. The Balaban J connectivity index is 4.04. The third kappa shape index (κ3) is 5.57. The van der Waals surface area contributed by atoms with Crippen molar-refractivity contribution >= 4 is 5.91 Å². The van der Waals surface area contributed by atoms with E-state index in [1.807, 2.05) is 19.1 Å². The fourth-order valence-electron chi connectivity index (χ4n) is 1.18. The minimum atomic E-state index is -0.0503. The van der Waals surface area contributed by atoms with Crippen LogP contribution in [0, 0.1) is 5.92 Å². The van der Waals surface area contributed by atoms with Gasteiger partial charge in [0.1, 0.15) is 0 Å². The highest BCUT2D eigenvalue weighted by Crippen LogP contribution is 2.04. The minimum absolute atomic E-state index is 0.0503. The molecule has 0 aromatic rings. The van der Waals surface area contributed by atoms with Crippen molar-refractivity contribution in [2.75, 3.05) is 7.05 Å². The summed E-state index contributed by atoms with van der Waals surface area (Å²) in [7, 11) is 1.66. The van der Waals surface area contributed by atoms with Crippen molar-refractivity contribution in [3.8, 4) is 0 Å². The normalized spacial score (nSPS) is 14.4. The monoisotopic (exact) mass is 195 g/mol. The Morgan fingerprint density at radius 3 is 2.64 bits per heavy atom. The fourth-order valence-corrected chi connectivity index (χ4v) is 1.18. The van der Waals surface area contributed by atoms with Gasteiger partial charge in [0, 0.05) is 7.05 Å². The molecular weight excluding hydrogens is 174 g/mol. The Morgan fingerprint density at radius 2 is 2.14 bits per heavy atom. The summed E-state index contributed by atoms with van der Waals surface area (Å²) in [6.07, 6.45) is 8.24. The molecule has 2 heteroatoms. The van der Waals surface area contributed by atoms with Gasteiger partial charge in [0.25, 0.3) is 0 Å². The molecule has 0 heterocycles. The highest BCUT2D eigenvalue weighted by molar-refractivity contribution is 5.79. The summed E-state index contributed by atoms with van der Waals surface area (Å²) in [5.41, 5.74) is 1.35. The molecule has 0 aromatic heterocycles. The Labute approximate surface area is 87.1 Å². The van der Waals surface area contributed by atoms with Gasteiger partial charge >= 0.3 is 0 Å². The lowest BCUT2D eigenvalue weighted by atomic mass is 10.1. The van der Waals surface area contributed by atoms with Crippen LogP contribution in [-0.4, -0.2) is 13.0 Å². The van der Waals surface area contributed by atoms with Crippen molar-refractivity contribution in [3.05, 3.63) is 23.8 Å². The molecule has 0 saturated heterocycles. The van der Waals surface area contributed by atoms with E-state index in [-0.39, 0.29) is 11.8 Å². The van der Waals surface area contributed by atoms with Gasteiger partial charge in [-0.15, -0.1) is 0 Å². The van der Waals surface area contributed by atoms with Crippen LogP contribution in [0.4, 0.5) is 0 Å². The van der Waals surface area contributed by atoms with Crippen molar-refractivity contribution in [1.82, 2.24) is 5.32 Å². The summed E-state index contributed by atoms with van der Waals surface area (Å²) in [6, 6.07) is 0. The van der Waals surface area contributed by atoms with E-state index in [1.54, 1.807) is 7.05 Å². The van der Waals surface area contributed by atoms with E-state index in [0.717, 1.165) is 6.42 Å². The Bertz CT molecular complexity index is 228. The molecular formula is C12H21NO. The molecule has 0 bridgehead atoms. The molecule has 0 saturated carbocycles. The zero-order valence-electron chi connectivity index (χ0n) is 9.63. The molecule has 0 aliphatic heterocycles. The van der Waals surface area contributed by atoms with Crippen molar-refractivity contribution in [2.24, 2.45) is 5.92 Å². The molecule has 0 fully saturated rings. The summed E-state index contributed by atoms with van der Waals surface area (Å²) < 4.78 is 0. The molecule has 1 N–H and O–H groups in total. The summed E-state index contributed by atoms with van der Waals surface area (Å²) in [6.45, 7) is 6.16. The Kier molecular flexibility index (Phi) is 6.81. The van der Waals surface area contributed by atoms with Crippen LogP contribution in [-0.2, 0) is 4.79 Å². The minimum Gasteiger partial charge on any atom is -0.359 e. The third-order valence-electron chi connectivity index (χ3n) is 2.08. The summed E-state index contributed by atoms with van der Waals surface area (Å²) >= 11 is 0. The van der Waals surface area contributed by atoms with E-state index >= 15 is 0 Å². The molecule has 1 unspecified atom stereocenters. The largest absolute Gasteiger partial charge is 0.359 e. The van der Waals surface area contributed by atoms with Crippen molar-refractivity contribution in [2.45, 2.75) is 33.6 Å². The number of rotatable bonds is 5. The van der Waals surface area contributed by atoms with E-state index in [1.165, 1.54) is 12.0 Å². The van der Waals surface area contributed by atoms with Gasteiger partial charge < -0.3 is 5.32 Å². The van der Waals surface area contributed by atoms with Gasteiger partial charge in [-0.25, -0.2) is 0 Å². The second-order valence-electron chi connectivity index (χ2n) is 3.55. The molecule has 0 rings (SSSR count). The van der Waals surface area contributed by atoms with E-state index < -0.39 is 0 Å². The van der Waals surface area contributed by atoms with Crippen LogP contribution in [0.1, 0.15) is 33.6 Å². The fraction of sp³-hybridized carbons (Fsp3) is 0.583. The van der Waals surface area contributed by atoms with Crippen molar-refractivity contribution in [3.63, 3.8) is 0 Å². The van der Waals surface area contributed by atoms with Gasteiger partial charge in [0.15, 0.2) is 0 Å². The Morgan fingerprint density at radius 1 is 1.50 bits per heavy atom. The highest BCUT2D eigenvalue weighted by Gasteiger charge is 2.04. The van der Waals surface area contributed by atoms with E-state index in [0.29, 0.717) is 0 Å². The number of carbonyl (C=O) groups excluding carboxylic acids is 1. The maximum absolute atomic E-state index is 11.1. The molecule has 0 radical (unpaired) electrons. The second kappa shape index (κ2) is 7.36. The predicted molar refractivity (Wildman–Crippen MR) is 61.0 cm³/mol. The first-order chi connectivity index (χ1) is 6.61. The Hall–Kier alpha value is -1.05. The molecule has 80 valence electrons. The van der Waals surface area contributed by atoms with Gasteiger partial charge in [-0.05, 0) is 13.3 Å². The zero-order chi connectivity index (χ0) is 11.0. The van der Waals surface area contributed by atoms with E-state index in [9.17, 15) is 4.79 Å². The number of amides is 1. The summed E-state index contributed by atoms with van der Waals surface area (Å²) in [4.78, 5) is 11.1. The molecule has 0 aliphatic rings. The van der Waals surface area contributed by atoms with Crippen molar-refractivity contribution in [1.29, 1.82) is 0 Å². The van der Waals surface area contributed by atoms with Gasteiger partial charge in [-0.1, -0.05) is 44.1 Å². The van der Waals surface area contributed by atoms with Crippen LogP contribution >= 0.6 is 0 Å². The van der Waals surface area contributed by atoms with Crippen LogP contribution in [0.25, 0.3) is 0 Å². The summed E-state index contributed by atoms with van der Waals surface area (Å²) in [5, 5.41) is 2.62. The summed E-state index contributed by atoms with van der Waals surface area (Å²) in [5.74, 6) is 0.00784. The SMILES string of the molecule is CCC/C(C)=C\C=C\C(C)C(=O)NC. The first-order valence-electron chi connectivity index (χ1n) is 5.17. The average Bonchev–Trinajstić information content (AvgIpc) is 2.16. The molecule has 0 aliphatic carbocycles. The first kappa shape index (κ1) is 12.9. The maximum atomic E-state index is 11.1. The lowest BCUT2D eigenvalue weighted by Gasteiger charge is -2.02. The number of nitrogens with one attached hydrogen (secondary N) is 1. The smallest absolute Gasteiger partial charge is 0.226 e. The van der Waals surface area contributed by atoms with E-state index in [4.69, 9.17) is 0 Å². The first-order valence-corrected chi connectivity index (χ1v) is 5.17. The zero-order valence-corrected chi connectivity index (χ0v) is 9.63. The topological polar surface area (TPSA) is 29.1 Å². The molecule has 0 spiro atoms. The van der Waals surface area contributed by atoms with Crippen LogP contribution in [0.2, 0.25) is 0 Å². The van der Waals surface area contributed by atoms with Crippen LogP contribution in [0.15, 0.2) is 23.8 Å². The number of allylic oxidation sites excluding steroid dienone is 3. The molecule has 2 nitrogen and oxygen atoms in total. The highest BCUT2D eigenvalue weighted by atomic mass is 16.1. The lowest BCUT2D eigenvalue weighted by molar-refractivity contribution is -0.122. The molecule has 1 amide bonds. The molecule has 14 heavy (non-hydrogen) atoms. The average molecular weight is 195 g/mol. The third-order valence-corrected chi connectivity index (χ3v) is 2.08. The predicted octanol–water partition coefficient (Wildman–Crippen LogP) is 2.67. The van der Waals surface area contributed by atoms with E-state index in [2.05, 4.69) is 25.2 Å². The number of carbonyl (C=O) groups is 1. The van der Waals surface area contributed by atoms with Crippen molar-refractivity contribution < 1.29 is 4.79 Å². The number of hydrogen-bond acceptors (Lipinski definition) is 1. The molecule has 0 aromatic carbocycles.